The highest BCUT2D eigenvalue weighted by atomic mass is 32.2. The van der Waals surface area contributed by atoms with Crippen molar-refractivity contribution in [1.82, 2.24) is 19.8 Å². The van der Waals surface area contributed by atoms with Crippen molar-refractivity contribution < 1.29 is 35.9 Å². The Morgan fingerprint density at radius 2 is 1.39 bits per heavy atom. The van der Waals surface area contributed by atoms with Crippen LogP contribution in [0.2, 0.25) is 0 Å². The van der Waals surface area contributed by atoms with E-state index in [9.17, 15) is 31.2 Å². The molecule has 9 nitrogen and oxygen atoms in total. The van der Waals surface area contributed by atoms with E-state index in [-0.39, 0.29) is 24.5 Å². The van der Waals surface area contributed by atoms with Gasteiger partial charge < -0.3 is 15.0 Å². The molecule has 0 aromatic heterocycles. The molecule has 2 N–H and O–H groups in total. The number of nitrogens with one attached hydrogen (secondary N) is 2. The molecule has 0 unspecified atom stereocenters. The molecular formula is C31H45F3N4O5S. The fourth-order valence-electron chi connectivity index (χ4n) is 4.25. The lowest BCUT2D eigenvalue weighted by atomic mass is 10.2. The molecule has 0 atom stereocenters. The van der Waals surface area contributed by atoms with E-state index in [2.05, 4.69) is 9.62 Å². The van der Waals surface area contributed by atoms with Crippen molar-refractivity contribution in [1.29, 1.82) is 0 Å². The van der Waals surface area contributed by atoms with Gasteiger partial charge in [0.1, 0.15) is 5.60 Å². The molecule has 0 aliphatic heterocycles. The molecule has 0 aliphatic rings. The number of alkyl halides is 3. The average Bonchev–Trinajstić information content (AvgIpc) is 2.93. The zero-order valence-corrected chi connectivity index (χ0v) is 26.8. The lowest BCUT2D eigenvalue weighted by Crippen LogP contribution is -2.39. The molecule has 13 heteroatoms. The monoisotopic (exact) mass is 642 g/mol. The van der Waals surface area contributed by atoms with Gasteiger partial charge in [-0.3, -0.25) is 9.69 Å². The molecule has 0 bridgehead atoms. The molecule has 2 aromatic rings. The predicted molar refractivity (Wildman–Crippen MR) is 163 cm³/mol. The van der Waals surface area contributed by atoms with Gasteiger partial charge in [0.2, 0.25) is 10.0 Å². The summed E-state index contributed by atoms with van der Waals surface area (Å²) in [6.07, 6.45) is -3.34. The number of unbranched alkanes of at least 4 members (excludes halogenated alkanes) is 1. The van der Waals surface area contributed by atoms with Crippen LogP contribution in [0, 0.1) is 6.92 Å². The lowest BCUT2D eigenvalue weighted by molar-refractivity contribution is -0.173. The van der Waals surface area contributed by atoms with Crippen molar-refractivity contribution in [3.8, 4) is 0 Å². The number of sulfonamides is 1. The van der Waals surface area contributed by atoms with Crippen LogP contribution in [-0.4, -0.2) is 81.3 Å². The van der Waals surface area contributed by atoms with Gasteiger partial charge in [0.15, 0.2) is 0 Å². The van der Waals surface area contributed by atoms with Crippen molar-refractivity contribution in [2.45, 2.75) is 76.6 Å². The molecule has 0 saturated heterocycles. The molecule has 0 fully saturated rings. The van der Waals surface area contributed by atoms with Crippen molar-refractivity contribution in [3.63, 3.8) is 0 Å². The smallest absolute Gasteiger partial charge is 0.444 e. The zero-order valence-electron chi connectivity index (χ0n) is 26.0. The summed E-state index contributed by atoms with van der Waals surface area (Å²) in [4.78, 5) is 27.9. The van der Waals surface area contributed by atoms with Gasteiger partial charge in [-0.2, -0.15) is 13.2 Å². The van der Waals surface area contributed by atoms with E-state index >= 15 is 0 Å². The van der Waals surface area contributed by atoms with Gasteiger partial charge in [0.25, 0.3) is 0 Å². The van der Waals surface area contributed by atoms with E-state index in [1.165, 1.54) is 0 Å². The maximum Gasteiger partial charge on any atom is 0.471 e. The second-order valence-electron chi connectivity index (χ2n) is 11.6. The Morgan fingerprint density at radius 3 is 2.00 bits per heavy atom. The quantitative estimate of drug-likeness (QED) is 0.228. The molecule has 2 rings (SSSR count). The summed E-state index contributed by atoms with van der Waals surface area (Å²) >= 11 is 0. The molecule has 0 heterocycles. The molecule has 0 saturated carbocycles. The van der Waals surface area contributed by atoms with Gasteiger partial charge in [0.05, 0.1) is 4.90 Å². The first kappa shape index (κ1) is 37.0. The van der Waals surface area contributed by atoms with E-state index in [0.29, 0.717) is 51.9 Å². The Labute approximate surface area is 259 Å². The highest BCUT2D eigenvalue weighted by Gasteiger charge is 2.38. The van der Waals surface area contributed by atoms with Gasteiger partial charge in [0, 0.05) is 39.3 Å². The fraction of sp³-hybridized carbons (Fsp3) is 0.548. The van der Waals surface area contributed by atoms with Crippen LogP contribution in [0.25, 0.3) is 0 Å². The number of nitrogens with zero attached hydrogens (tertiary/aromatic N) is 2. The first-order valence-electron chi connectivity index (χ1n) is 14.7. The largest absolute Gasteiger partial charge is 0.471 e. The zero-order chi connectivity index (χ0) is 32.8. The first-order valence-corrected chi connectivity index (χ1v) is 16.2. The molecule has 246 valence electrons. The van der Waals surface area contributed by atoms with E-state index in [4.69, 9.17) is 4.74 Å². The van der Waals surface area contributed by atoms with Gasteiger partial charge >= 0.3 is 18.2 Å². The number of ether oxygens (including phenoxy) is 1. The normalized spacial score (nSPS) is 12.3. The predicted octanol–water partition coefficient (Wildman–Crippen LogP) is 5.25. The number of carbonyl (C=O) groups is 2. The standard InChI is InChI=1S/C31H45F3N4O5S/c1-25-14-16-27(17-15-25)44(41,42)36-19-11-23-38(29(40)43-30(2,3)4)22-9-8-20-37(24-26-12-6-5-7-13-26)21-10-18-35-28(39)31(32,33)34/h5-7,12-17,36H,8-11,18-24H2,1-4H3,(H,35,39). The van der Waals surface area contributed by atoms with Crippen LogP contribution < -0.4 is 10.0 Å². The van der Waals surface area contributed by atoms with Crippen LogP contribution in [0.5, 0.6) is 0 Å². The number of amides is 2. The third-order valence-corrected chi connectivity index (χ3v) is 7.95. The van der Waals surface area contributed by atoms with Crippen LogP contribution in [0.3, 0.4) is 0 Å². The van der Waals surface area contributed by atoms with Crippen molar-refractivity contribution in [3.05, 3.63) is 65.7 Å². The highest BCUT2D eigenvalue weighted by Crippen LogP contribution is 2.15. The van der Waals surface area contributed by atoms with Crippen molar-refractivity contribution >= 4 is 22.0 Å². The second kappa shape index (κ2) is 17.4. The van der Waals surface area contributed by atoms with Crippen molar-refractivity contribution in [2.75, 3.05) is 39.3 Å². The Hall–Kier alpha value is -3.16. The minimum Gasteiger partial charge on any atom is -0.444 e. The molecule has 2 aromatic carbocycles. The number of carbonyl (C=O) groups excluding carboxylic acids is 2. The van der Waals surface area contributed by atoms with Crippen LogP contribution in [0.4, 0.5) is 18.0 Å². The summed E-state index contributed by atoms with van der Waals surface area (Å²) in [6, 6.07) is 16.2. The third kappa shape index (κ3) is 14.5. The maximum atomic E-state index is 12.9. The van der Waals surface area contributed by atoms with Gasteiger partial charge in [-0.15, -0.1) is 0 Å². The number of aryl methyl sites for hydroxylation is 1. The number of rotatable bonds is 17. The Kier molecular flexibility index (Phi) is 14.6. The topological polar surface area (TPSA) is 108 Å². The van der Waals surface area contributed by atoms with Crippen LogP contribution in [-0.2, 0) is 26.1 Å². The number of hydrogen-bond donors (Lipinski definition) is 2. The number of benzene rings is 2. The number of hydrogen-bond acceptors (Lipinski definition) is 6. The summed E-state index contributed by atoms with van der Waals surface area (Å²) < 4.78 is 70.8. The van der Waals surface area contributed by atoms with E-state index in [1.54, 1.807) is 49.9 Å². The summed E-state index contributed by atoms with van der Waals surface area (Å²) in [5.74, 6) is -1.95. The van der Waals surface area contributed by atoms with Gasteiger partial charge in [-0.1, -0.05) is 48.0 Å². The van der Waals surface area contributed by atoms with Gasteiger partial charge in [-0.25, -0.2) is 17.9 Å². The molecule has 44 heavy (non-hydrogen) atoms. The summed E-state index contributed by atoms with van der Waals surface area (Å²) in [6.45, 7) is 9.62. The molecule has 0 radical (unpaired) electrons. The highest BCUT2D eigenvalue weighted by molar-refractivity contribution is 7.89. The van der Waals surface area contributed by atoms with E-state index in [1.807, 2.05) is 42.6 Å². The van der Waals surface area contributed by atoms with Gasteiger partial charge in [-0.05, 0) is 77.6 Å². The maximum absolute atomic E-state index is 12.9. The minimum atomic E-state index is -4.91. The summed E-state index contributed by atoms with van der Waals surface area (Å²) in [7, 11) is -3.67. The average molecular weight is 643 g/mol. The molecule has 2 amide bonds. The minimum absolute atomic E-state index is 0.0935. The SMILES string of the molecule is Cc1ccc(S(=O)(=O)NCCCN(CCCCN(CCCNC(=O)C(F)(F)F)Cc2ccccc2)C(=O)OC(C)(C)C)cc1. The lowest BCUT2D eigenvalue weighted by Gasteiger charge is -2.28. The van der Waals surface area contributed by atoms with Crippen molar-refractivity contribution in [2.24, 2.45) is 0 Å². The molecule has 0 aliphatic carbocycles. The Morgan fingerprint density at radius 1 is 0.818 bits per heavy atom. The molecular weight excluding hydrogens is 597 g/mol. The Balaban J connectivity index is 1.91. The van der Waals surface area contributed by atoms with Crippen LogP contribution in [0.15, 0.2) is 59.5 Å². The van der Waals surface area contributed by atoms with E-state index in [0.717, 1.165) is 11.1 Å². The fourth-order valence-corrected chi connectivity index (χ4v) is 5.33. The summed E-state index contributed by atoms with van der Waals surface area (Å²) in [5.41, 5.74) is 1.31. The number of halogens is 3. The summed E-state index contributed by atoms with van der Waals surface area (Å²) in [5, 5.41) is 1.91. The molecule has 0 spiro atoms. The Bertz CT molecular complexity index is 1270. The van der Waals surface area contributed by atoms with E-state index < -0.39 is 33.8 Å². The first-order chi connectivity index (χ1) is 20.6. The van der Waals surface area contributed by atoms with Crippen LogP contribution in [0.1, 0.15) is 57.6 Å². The van der Waals surface area contributed by atoms with Crippen LogP contribution >= 0.6 is 0 Å². The third-order valence-electron chi connectivity index (χ3n) is 6.48. The second-order valence-corrected chi connectivity index (χ2v) is 13.4.